The van der Waals surface area contributed by atoms with E-state index in [1.54, 1.807) is 0 Å². The lowest BCUT2D eigenvalue weighted by atomic mass is 9.68. The van der Waals surface area contributed by atoms with Gasteiger partial charge in [-0.2, -0.15) is 0 Å². The second-order valence-corrected chi connectivity index (χ2v) is 7.30. The minimum atomic E-state index is -0.738. The molecule has 1 atom stereocenters. The largest absolute Gasteiger partial charge is 0.480 e. The van der Waals surface area contributed by atoms with Crippen LogP contribution in [-0.2, 0) is 4.79 Å². The molecule has 0 aliphatic heterocycles. The summed E-state index contributed by atoms with van der Waals surface area (Å²) in [6.07, 6.45) is 4.26. The minimum absolute atomic E-state index is 0.223. The molecule has 1 aliphatic rings. The number of nitrogens with one attached hydrogen (secondary N) is 1. The number of carbonyl (C=O) groups is 1. The maximum Gasteiger partial charge on any atom is 0.326 e. The maximum absolute atomic E-state index is 11.6. The van der Waals surface area contributed by atoms with Crippen LogP contribution in [0.5, 0.6) is 0 Å². The van der Waals surface area contributed by atoms with Gasteiger partial charge >= 0.3 is 5.97 Å². The van der Waals surface area contributed by atoms with Crippen molar-refractivity contribution in [3.63, 3.8) is 0 Å². The van der Waals surface area contributed by atoms with E-state index in [-0.39, 0.29) is 5.92 Å². The summed E-state index contributed by atoms with van der Waals surface area (Å²) in [5, 5.41) is 12.8. The van der Waals surface area contributed by atoms with Crippen molar-refractivity contribution in [1.29, 1.82) is 0 Å². The Kier molecular flexibility index (Phi) is 4.92. The summed E-state index contributed by atoms with van der Waals surface area (Å²) in [6, 6.07) is 9.17. The molecule has 21 heavy (non-hydrogen) atoms. The first-order chi connectivity index (χ1) is 9.88. The third kappa shape index (κ3) is 4.23. The average molecular weight is 289 g/mol. The molecular formula is C18H27NO2. The number of hydrogen-bond donors (Lipinski definition) is 2. The predicted octanol–water partition coefficient (Wildman–Crippen LogP) is 4.40. The van der Waals surface area contributed by atoms with Crippen LogP contribution in [0.1, 0.15) is 46.5 Å². The maximum atomic E-state index is 11.6. The van der Waals surface area contributed by atoms with E-state index in [2.05, 4.69) is 26.1 Å². The van der Waals surface area contributed by atoms with Gasteiger partial charge in [0.05, 0.1) is 0 Å². The smallest absolute Gasteiger partial charge is 0.326 e. The van der Waals surface area contributed by atoms with E-state index in [1.165, 1.54) is 0 Å². The molecule has 0 saturated heterocycles. The van der Waals surface area contributed by atoms with Gasteiger partial charge in [-0.05, 0) is 55.1 Å². The van der Waals surface area contributed by atoms with Gasteiger partial charge in [0, 0.05) is 5.69 Å². The second kappa shape index (κ2) is 6.50. The van der Waals surface area contributed by atoms with Gasteiger partial charge in [-0.25, -0.2) is 4.79 Å². The highest BCUT2D eigenvalue weighted by atomic mass is 16.4. The lowest BCUT2D eigenvalue weighted by molar-refractivity contribution is -0.139. The topological polar surface area (TPSA) is 49.3 Å². The normalized spacial score (nSPS) is 24.3. The SMILES string of the molecule is CC(C)(C)C1CCC(C(Nc2ccccc2)C(=O)O)CC1. The molecule has 1 aromatic carbocycles. The van der Waals surface area contributed by atoms with Gasteiger partial charge in [-0.3, -0.25) is 0 Å². The van der Waals surface area contributed by atoms with Crippen molar-refractivity contribution in [2.75, 3.05) is 5.32 Å². The van der Waals surface area contributed by atoms with Gasteiger partial charge < -0.3 is 10.4 Å². The number of aliphatic carboxylic acids is 1. The molecular weight excluding hydrogens is 262 g/mol. The second-order valence-electron chi connectivity index (χ2n) is 7.30. The lowest BCUT2D eigenvalue weighted by Crippen LogP contribution is -2.40. The molecule has 0 bridgehead atoms. The van der Waals surface area contributed by atoms with Gasteiger partial charge in [0.25, 0.3) is 0 Å². The highest BCUT2D eigenvalue weighted by molar-refractivity contribution is 5.77. The summed E-state index contributed by atoms with van der Waals surface area (Å²) in [6.45, 7) is 6.86. The van der Waals surface area contributed by atoms with E-state index in [0.717, 1.165) is 31.4 Å². The zero-order valence-corrected chi connectivity index (χ0v) is 13.3. The molecule has 0 heterocycles. The summed E-state index contributed by atoms with van der Waals surface area (Å²) in [5.74, 6) is 0.194. The molecule has 0 spiro atoms. The van der Waals surface area contributed by atoms with Crippen molar-refractivity contribution in [3.8, 4) is 0 Å². The molecule has 3 heteroatoms. The zero-order chi connectivity index (χ0) is 15.5. The van der Waals surface area contributed by atoms with Crippen LogP contribution in [-0.4, -0.2) is 17.1 Å². The number of hydrogen-bond acceptors (Lipinski definition) is 2. The highest BCUT2D eigenvalue weighted by Gasteiger charge is 2.35. The van der Waals surface area contributed by atoms with Crippen molar-refractivity contribution in [1.82, 2.24) is 0 Å². The standard InChI is InChI=1S/C18H27NO2/c1-18(2,3)14-11-9-13(10-12-14)16(17(20)21)19-15-7-5-4-6-8-15/h4-8,13-14,16,19H,9-12H2,1-3H3,(H,20,21). The zero-order valence-electron chi connectivity index (χ0n) is 13.3. The molecule has 1 fully saturated rings. The predicted molar refractivity (Wildman–Crippen MR) is 86.4 cm³/mol. The number of rotatable bonds is 4. The van der Waals surface area contributed by atoms with E-state index in [1.807, 2.05) is 30.3 Å². The van der Waals surface area contributed by atoms with Gasteiger partial charge in [0.2, 0.25) is 0 Å². The van der Waals surface area contributed by atoms with E-state index in [4.69, 9.17) is 0 Å². The first-order valence-corrected chi connectivity index (χ1v) is 7.92. The Morgan fingerprint density at radius 1 is 1.14 bits per heavy atom. The number of anilines is 1. The number of carboxylic acid groups (broad SMARTS) is 1. The van der Waals surface area contributed by atoms with Crippen molar-refractivity contribution in [2.24, 2.45) is 17.3 Å². The summed E-state index contributed by atoms with van der Waals surface area (Å²) in [5.41, 5.74) is 1.22. The fraction of sp³-hybridized carbons (Fsp3) is 0.611. The van der Waals surface area contributed by atoms with E-state index < -0.39 is 12.0 Å². The third-order valence-corrected chi connectivity index (χ3v) is 4.83. The Hall–Kier alpha value is -1.51. The molecule has 1 unspecified atom stereocenters. The van der Waals surface area contributed by atoms with Crippen LogP contribution in [0.3, 0.4) is 0 Å². The Balaban J connectivity index is 1.99. The number of benzene rings is 1. The minimum Gasteiger partial charge on any atom is -0.480 e. The van der Waals surface area contributed by atoms with Crippen LogP contribution in [0.25, 0.3) is 0 Å². The van der Waals surface area contributed by atoms with Crippen molar-refractivity contribution < 1.29 is 9.90 Å². The molecule has 2 N–H and O–H groups in total. The van der Waals surface area contributed by atoms with Crippen LogP contribution in [0.2, 0.25) is 0 Å². The van der Waals surface area contributed by atoms with E-state index in [9.17, 15) is 9.90 Å². The van der Waals surface area contributed by atoms with Gasteiger partial charge in [0.1, 0.15) is 6.04 Å². The summed E-state index contributed by atoms with van der Waals surface area (Å²) in [4.78, 5) is 11.6. The average Bonchev–Trinajstić information content (AvgIpc) is 2.45. The molecule has 0 aromatic heterocycles. The highest BCUT2D eigenvalue weighted by Crippen LogP contribution is 2.41. The van der Waals surface area contributed by atoms with Crippen LogP contribution in [0, 0.1) is 17.3 Å². The molecule has 0 radical (unpaired) electrons. The van der Waals surface area contributed by atoms with Crippen LogP contribution in [0.15, 0.2) is 30.3 Å². The quantitative estimate of drug-likeness (QED) is 0.863. The van der Waals surface area contributed by atoms with E-state index >= 15 is 0 Å². The van der Waals surface area contributed by atoms with Gasteiger partial charge in [-0.1, -0.05) is 39.0 Å². The fourth-order valence-corrected chi connectivity index (χ4v) is 3.41. The Morgan fingerprint density at radius 3 is 2.19 bits per heavy atom. The van der Waals surface area contributed by atoms with Crippen LogP contribution < -0.4 is 5.32 Å². The van der Waals surface area contributed by atoms with Crippen molar-refractivity contribution >= 4 is 11.7 Å². The van der Waals surface area contributed by atoms with Crippen molar-refractivity contribution in [3.05, 3.63) is 30.3 Å². The van der Waals surface area contributed by atoms with Crippen molar-refractivity contribution in [2.45, 2.75) is 52.5 Å². The molecule has 1 saturated carbocycles. The van der Waals surface area contributed by atoms with Gasteiger partial charge in [0.15, 0.2) is 0 Å². The summed E-state index contributed by atoms with van der Waals surface area (Å²) in [7, 11) is 0. The van der Waals surface area contributed by atoms with Crippen LogP contribution >= 0.6 is 0 Å². The van der Waals surface area contributed by atoms with Gasteiger partial charge in [-0.15, -0.1) is 0 Å². The Labute approximate surface area is 127 Å². The summed E-state index contributed by atoms with van der Waals surface area (Å²) >= 11 is 0. The molecule has 3 nitrogen and oxygen atoms in total. The molecule has 1 aromatic rings. The monoisotopic (exact) mass is 289 g/mol. The Morgan fingerprint density at radius 2 is 1.71 bits per heavy atom. The Bertz CT molecular complexity index is 456. The molecule has 0 amide bonds. The third-order valence-electron chi connectivity index (χ3n) is 4.83. The summed E-state index contributed by atoms with van der Waals surface area (Å²) < 4.78 is 0. The number of para-hydroxylation sites is 1. The fourth-order valence-electron chi connectivity index (χ4n) is 3.41. The molecule has 116 valence electrons. The van der Waals surface area contributed by atoms with E-state index in [0.29, 0.717) is 11.3 Å². The van der Waals surface area contributed by atoms with Crippen LogP contribution in [0.4, 0.5) is 5.69 Å². The first kappa shape index (κ1) is 15.9. The molecule has 1 aliphatic carbocycles. The lowest BCUT2D eigenvalue weighted by Gasteiger charge is -2.38. The first-order valence-electron chi connectivity index (χ1n) is 7.92. The number of carboxylic acids is 1. The molecule has 2 rings (SSSR count).